The highest BCUT2D eigenvalue weighted by atomic mass is 15.0. The summed E-state index contributed by atoms with van der Waals surface area (Å²) < 4.78 is 0. The van der Waals surface area contributed by atoms with Crippen LogP contribution in [0.15, 0.2) is 36.8 Å². The molecule has 0 unspecified atom stereocenters. The van der Waals surface area contributed by atoms with Crippen LogP contribution in [0.4, 0.5) is 0 Å². The molecule has 0 bridgehead atoms. The maximum atomic E-state index is 4.44. The third kappa shape index (κ3) is 2.22. The van der Waals surface area contributed by atoms with E-state index in [9.17, 15) is 0 Å². The molecule has 2 heterocycles. The average Bonchev–Trinajstić information content (AvgIpc) is 2.81. The molecule has 90 valence electrons. The van der Waals surface area contributed by atoms with Gasteiger partial charge in [0.05, 0.1) is 6.20 Å². The fourth-order valence-corrected chi connectivity index (χ4v) is 1.95. The first kappa shape index (κ1) is 10.9. The van der Waals surface area contributed by atoms with E-state index < -0.39 is 0 Å². The number of benzene rings is 1. The monoisotopic (exact) mass is 238 g/mol. The van der Waals surface area contributed by atoms with Crippen LogP contribution in [0.3, 0.4) is 0 Å². The van der Waals surface area contributed by atoms with Crippen molar-refractivity contribution in [2.24, 2.45) is 0 Å². The lowest BCUT2D eigenvalue weighted by atomic mass is 10.1. The van der Waals surface area contributed by atoms with Gasteiger partial charge in [-0.15, -0.1) is 0 Å². The molecule has 4 heteroatoms. The van der Waals surface area contributed by atoms with Crippen molar-refractivity contribution < 1.29 is 0 Å². The van der Waals surface area contributed by atoms with Gasteiger partial charge in [-0.25, -0.2) is 15.0 Å². The van der Waals surface area contributed by atoms with Crippen LogP contribution in [0.1, 0.15) is 17.0 Å². The maximum Gasteiger partial charge on any atom is 0.180 e. The van der Waals surface area contributed by atoms with Gasteiger partial charge < -0.3 is 4.98 Å². The van der Waals surface area contributed by atoms with Crippen LogP contribution in [0, 0.1) is 6.92 Å². The molecule has 0 spiro atoms. The first-order valence-electron chi connectivity index (χ1n) is 6.01. The predicted octanol–water partition coefficient (Wildman–Crippen LogP) is 2.45. The second-order valence-electron chi connectivity index (χ2n) is 4.43. The molecule has 0 aliphatic heterocycles. The Kier molecular flexibility index (Phi) is 2.76. The summed E-state index contributed by atoms with van der Waals surface area (Å²) in [6, 6.07) is 8.61. The summed E-state index contributed by atoms with van der Waals surface area (Å²) in [5.41, 5.74) is 4.25. The van der Waals surface area contributed by atoms with E-state index >= 15 is 0 Å². The molecule has 0 fully saturated rings. The standard InChI is InChI=1S/C14H14N4/c1-10-2-4-11(5-3-10)6-7-13-17-12-8-15-9-16-14(12)18-13/h2-5,8-9H,6-7H2,1H3,(H,15,16,17,18). The van der Waals surface area contributed by atoms with Gasteiger partial charge in [-0.3, -0.25) is 0 Å². The largest absolute Gasteiger partial charge is 0.339 e. The van der Waals surface area contributed by atoms with E-state index in [1.165, 1.54) is 17.5 Å². The van der Waals surface area contributed by atoms with Crippen LogP contribution >= 0.6 is 0 Å². The van der Waals surface area contributed by atoms with Gasteiger partial charge in [-0.2, -0.15) is 0 Å². The average molecular weight is 238 g/mol. The molecule has 3 rings (SSSR count). The van der Waals surface area contributed by atoms with Crippen LogP contribution < -0.4 is 0 Å². The van der Waals surface area contributed by atoms with E-state index in [1.807, 2.05) is 0 Å². The summed E-state index contributed by atoms with van der Waals surface area (Å²) >= 11 is 0. The summed E-state index contributed by atoms with van der Waals surface area (Å²) in [7, 11) is 0. The zero-order valence-corrected chi connectivity index (χ0v) is 10.2. The lowest BCUT2D eigenvalue weighted by molar-refractivity contribution is 0.888. The molecular weight excluding hydrogens is 224 g/mol. The van der Waals surface area contributed by atoms with Crippen molar-refractivity contribution in [2.45, 2.75) is 19.8 Å². The van der Waals surface area contributed by atoms with Gasteiger partial charge in [0.1, 0.15) is 17.7 Å². The second kappa shape index (κ2) is 4.56. The molecule has 4 nitrogen and oxygen atoms in total. The Hall–Kier alpha value is -2.23. The molecule has 3 aromatic rings. The topological polar surface area (TPSA) is 54.5 Å². The number of aryl methyl sites for hydroxylation is 3. The Labute approximate surface area is 105 Å². The molecule has 18 heavy (non-hydrogen) atoms. The maximum absolute atomic E-state index is 4.44. The van der Waals surface area contributed by atoms with Gasteiger partial charge in [-0.1, -0.05) is 29.8 Å². The van der Waals surface area contributed by atoms with Crippen molar-refractivity contribution in [3.63, 3.8) is 0 Å². The minimum absolute atomic E-state index is 0.740. The Balaban J connectivity index is 1.74. The number of imidazole rings is 1. The minimum Gasteiger partial charge on any atom is -0.339 e. The van der Waals surface area contributed by atoms with Gasteiger partial charge in [0.15, 0.2) is 5.65 Å². The van der Waals surface area contributed by atoms with Crippen LogP contribution in [-0.2, 0) is 12.8 Å². The fraction of sp³-hybridized carbons (Fsp3) is 0.214. The van der Waals surface area contributed by atoms with Gasteiger partial charge in [-0.05, 0) is 18.9 Å². The minimum atomic E-state index is 0.740. The molecule has 1 aromatic carbocycles. The van der Waals surface area contributed by atoms with E-state index in [1.54, 1.807) is 6.20 Å². The molecule has 0 saturated heterocycles. The molecule has 0 aliphatic carbocycles. The van der Waals surface area contributed by atoms with Crippen molar-refractivity contribution in [3.8, 4) is 0 Å². The first-order valence-corrected chi connectivity index (χ1v) is 6.01. The van der Waals surface area contributed by atoms with Crippen molar-refractivity contribution in [1.29, 1.82) is 0 Å². The number of hydrogen-bond donors (Lipinski definition) is 1. The third-order valence-electron chi connectivity index (χ3n) is 2.98. The molecule has 0 aliphatic rings. The number of hydrogen-bond acceptors (Lipinski definition) is 3. The SMILES string of the molecule is Cc1ccc(CCc2nc3ncncc3[nH]2)cc1. The molecule has 2 aromatic heterocycles. The highest BCUT2D eigenvalue weighted by molar-refractivity contribution is 5.68. The van der Waals surface area contributed by atoms with Gasteiger partial charge in [0.25, 0.3) is 0 Å². The summed E-state index contributed by atoms with van der Waals surface area (Å²) in [4.78, 5) is 15.8. The number of fused-ring (bicyclic) bond motifs is 1. The molecule has 0 saturated carbocycles. The molecule has 1 N–H and O–H groups in total. The number of aromatic nitrogens is 4. The summed E-state index contributed by atoms with van der Waals surface area (Å²) in [6.07, 6.45) is 5.14. The van der Waals surface area contributed by atoms with Crippen molar-refractivity contribution in [1.82, 2.24) is 19.9 Å². The van der Waals surface area contributed by atoms with Gasteiger partial charge in [0, 0.05) is 6.42 Å². The zero-order chi connectivity index (χ0) is 12.4. The smallest absolute Gasteiger partial charge is 0.180 e. The molecule has 0 radical (unpaired) electrons. The summed E-state index contributed by atoms with van der Waals surface area (Å²) in [6.45, 7) is 2.10. The van der Waals surface area contributed by atoms with E-state index in [0.717, 1.165) is 29.8 Å². The van der Waals surface area contributed by atoms with E-state index in [0.29, 0.717) is 0 Å². The van der Waals surface area contributed by atoms with E-state index in [2.05, 4.69) is 51.1 Å². The Morgan fingerprint density at radius 1 is 1.11 bits per heavy atom. The summed E-state index contributed by atoms with van der Waals surface area (Å²) in [5.74, 6) is 0.964. The molecule has 0 amide bonds. The van der Waals surface area contributed by atoms with Crippen LogP contribution in [0.5, 0.6) is 0 Å². The second-order valence-corrected chi connectivity index (χ2v) is 4.43. The lowest BCUT2D eigenvalue weighted by Crippen LogP contribution is -1.93. The number of rotatable bonds is 3. The van der Waals surface area contributed by atoms with Gasteiger partial charge in [0.2, 0.25) is 0 Å². The fourth-order valence-electron chi connectivity index (χ4n) is 1.95. The Morgan fingerprint density at radius 2 is 1.94 bits per heavy atom. The Morgan fingerprint density at radius 3 is 2.72 bits per heavy atom. The zero-order valence-electron chi connectivity index (χ0n) is 10.2. The normalized spacial score (nSPS) is 10.9. The molecule has 0 atom stereocenters. The predicted molar refractivity (Wildman–Crippen MR) is 70.3 cm³/mol. The van der Waals surface area contributed by atoms with E-state index in [4.69, 9.17) is 0 Å². The van der Waals surface area contributed by atoms with Crippen LogP contribution in [0.25, 0.3) is 11.2 Å². The lowest BCUT2D eigenvalue weighted by Gasteiger charge is -1.99. The summed E-state index contributed by atoms with van der Waals surface area (Å²) in [5, 5.41) is 0. The van der Waals surface area contributed by atoms with Gasteiger partial charge >= 0.3 is 0 Å². The third-order valence-corrected chi connectivity index (χ3v) is 2.98. The quantitative estimate of drug-likeness (QED) is 0.762. The van der Waals surface area contributed by atoms with Crippen molar-refractivity contribution in [3.05, 3.63) is 53.7 Å². The number of nitrogens with zero attached hydrogens (tertiary/aromatic N) is 3. The molecular formula is C14H14N4. The highest BCUT2D eigenvalue weighted by Gasteiger charge is 2.03. The first-order chi connectivity index (χ1) is 8.81. The van der Waals surface area contributed by atoms with Crippen LogP contribution in [0.2, 0.25) is 0 Å². The highest BCUT2D eigenvalue weighted by Crippen LogP contribution is 2.10. The number of aromatic amines is 1. The van der Waals surface area contributed by atoms with Crippen LogP contribution in [-0.4, -0.2) is 19.9 Å². The van der Waals surface area contributed by atoms with E-state index in [-0.39, 0.29) is 0 Å². The number of H-pyrrole nitrogens is 1. The van der Waals surface area contributed by atoms with Crippen molar-refractivity contribution in [2.75, 3.05) is 0 Å². The van der Waals surface area contributed by atoms with Crippen molar-refractivity contribution >= 4 is 11.2 Å². The number of nitrogens with one attached hydrogen (secondary N) is 1. The Bertz CT molecular complexity index is 622.